The van der Waals surface area contributed by atoms with Crippen molar-refractivity contribution in [3.8, 4) is 0 Å². The first-order valence-corrected chi connectivity index (χ1v) is 3.27. The number of hydrogen-bond acceptors (Lipinski definition) is 2. The van der Waals surface area contributed by atoms with Crippen LogP contribution in [-0.2, 0) is 9.84 Å². The second-order valence-electron chi connectivity index (χ2n) is 2.52. The molecule has 0 saturated heterocycles. The summed E-state index contributed by atoms with van der Waals surface area (Å²) >= 11 is 0. The van der Waals surface area contributed by atoms with Gasteiger partial charge in [0.15, 0.2) is 0 Å². The van der Waals surface area contributed by atoms with Crippen LogP contribution in [-0.4, -0.2) is 30.3 Å². The van der Waals surface area contributed by atoms with Gasteiger partial charge in [0.1, 0.15) is 0 Å². The maximum Gasteiger partial charge on any atom is 0.554 e. The molecule has 0 aliphatic heterocycles. The largest absolute Gasteiger partial charge is 0.554 e. The minimum absolute atomic E-state index is 1.93. The third-order valence-corrected chi connectivity index (χ3v) is 1.33. The van der Waals surface area contributed by atoms with Crippen molar-refractivity contribution in [3.63, 3.8) is 0 Å². The highest BCUT2D eigenvalue weighted by Crippen LogP contribution is 2.53. The van der Waals surface area contributed by atoms with Gasteiger partial charge in [-0.3, -0.25) is 0 Å². The molecule has 0 aromatic heterocycles. The van der Waals surface area contributed by atoms with E-state index in [1.165, 1.54) is 0 Å². The van der Waals surface area contributed by atoms with E-state index in [1.54, 1.807) is 0 Å². The summed E-state index contributed by atoms with van der Waals surface area (Å²) in [6, 6.07) is 0. The zero-order valence-electron chi connectivity index (χ0n) is 7.13. The van der Waals surface area contributed by atoms with E-state index in [0.29, 0.717) is 0 Å². The van der Waals surface area contributed by atoms with E-state index >= 15 is 0 Å². The second kappa shape index (κ2) is 3.84. The molecule has 0 fully saturated rings. The van der Waals surface area contributed by atoms with E-state index < -0.39 is 30.3 Å². The van der Waals surface area contributed by atoms with Crippen molar-refractivity contribution in [2.75, 3.05) is 0 Å². The number of ether oxygens (including phenoxy) is 1. The summed E-state index contributed by atoms with van der Waals surface area (Å²) in [7, 11) is 0. The van der Waals surface area contributed by atoms with Crippen molar-refractivity contribution >= 4 is 6.16 Å². The Balaban J connectivity index is 5.47. The molecule has 0 aliphatic carbocycles. The molecule has 0 bridgehead atoms. The van der Waals surface area contributed by atoms with E-state index in [-0.39, 0.29) is 0 Å². The standard InChI is InChI=1S/C5F9O3/c6-2(7,4(10,11)12)3(8,9)5(13,14)17-1(15)16. The minimum Gasteiger partial charge on any atom is -0.361 e. The number of halogens is 9. The van der Waals surface area contributed by atoms with Crippen LogP contribution in [0.5, 0.6) is 0 Å². The van der Waals surface area contributed by atoms with Gasteiger partial charge in [0.25, 0.3) is 0 Å². The van der Waals surface area contributed by atoms with Crippen molar-refractivity contribution in [2.24, 2.45) is 0 Å². The highest BCUT2D eigenvalue weighted by atomic mass is 19.4. The maximum atomic E-state index is 12.2. The van der Waals surface area contributed by atoms with Gasteiger partial charge in [0.05, 0.1) is 0 Å². The van der Waals surface area contributed by atoms with Crippen LogP contribution in [0.2, 0.25) is 0 Å². The highest BCUT2D eigenvalue weighted by Gasteiger charge is 2.84. The van der Waals surface area contributed by atoms with E-state index in [1.807, 2.05) is 4.74 Å². The summed E-state index contributed by atoms with van der Waals surface area (Å²) < 4.78 is 109. The normalized spacial score (nSPS) is 14.6. The van der Waals surface area contributed by atoms with Crippen LogP contribution in [0.25, 0.3) is 0 Å². The van der Waals surface area contributed by atoms with Crippen molar-refractivity contribution in [2.45, 2.75) is 24.1 Å². The molecule has 0 spiro atoms. The fourth-order valence-electron chi connectivity index (χ4n) is 0.530. The van der Waals surface area contributed by atoms with Gasteiger partial charge in [-0.1, -0.05) is 0 Å². The number of carbonyl (C=O) groups is 1. The molecule has 0 heterocycles. The van der Waals surface area contributed by atoms with Crippen LogP contribution in [0.1, 0.15) is 0 Å². The summed E-state index contributed by atoms with van der Waals surface area (Å²) in [6.45, 7) is 0. The van der Waals surface area contributed by atoms with E-state index in [9.17, 15) is 49.4 Å². The van der Waals surface area contributed by atoms with Crippen LogP contribution >= 0.6 is 0 Å². The molecule has 0 N–H and O–H groups in total. The molecule has 0 aromatic rings. The lowest BCUT2D eigenvalue weighted by Crippen LogP contribution is -2.61. The summed E-state index contributed by atoms with van der Waals surface area (Å²) in [5, 5.41) is 9.37. The second-order valence-corrected chi connectivity index (χ2v) is 2.52. The molecule has 1 radical (unpaired) electrons. The van der Waals surface area contributed by atoms with E-state index in [2.05, 4.69) is 0 Å². The average Bonchev–Trinajstić information content (AvgIpc) is 1.98. The highest BCUT2D eigenvalue weighted by molar-refractivity contribution is 5.56. The fourth-order valence-corrected chi connectivity index (χ4v) is 0.530. The Hall–Kier alpha value is -1.36. The van der Waals surface area contributed by atoms with Gasteiger partial charge in [-0.15, -0.1) is 0 Å². The Labute approximate surface area is 85.8 Å². The Kier molecular flexibility index (Phi) is 3.53. The lowest BCUT2D eigenvalue weighted by atomic mass is 10.1. The van der Waals surface area contributed by atoms with Crippen LogP contribution in [0.3, 0.4) is 0 Å². The van der Waals surface area contributed by atoms with Gasteiger partial charge in [0.2, 0.25) is 0 Å². The summed E-state index contributed by atoms with van der Waals surface area (Å²) in [6.07, 6.45) is -17.0. The predicted molar refractivity (Wildman–Crippen MR) is 28.1 cm³/mol. The van der Waals surface area contributed by atoms with E-state index in [0.717, 1.165) is 0 Å². The van der Waals surface area contributed by atoms with Gasteiger partial charge in [-0.25, -0.2) is 0 Å². The number of hydrogen-bond donors (Lipinski definition) is 0. The van der Waals surface area contributed by atoms with Crippen molar-refractivity contribution in [1.82, 2.24) is 0 Å². The fraction of sp³-hybridized carbons (Fsp3) is 0.800. The number of carbonyl (C=O) groups excluding carboxylic acids is 1. The van der Waals surface area contributed by atoms with Crippen LogP contribution < -0.4 is 0 Å². The molecule has 0 amide bonds. The lowest BCUT2D eigenvalue weighted by Gasteiger charge is -2.31. The van der Waals surface area contributed by atoms with Crippen LogP contribution in [0, 0.1) is 0 Å². The smallest absolute Gasteiger partial charge is 0.361 e. The molecular weight excluding hydrogens is 279 g/mol. The number of alkyl halides is 9. The summed E-state index contributed by atoms with van der Waals surface area (Å²) in [5.41, 5.74) is 0. The topological polar surface area (TPSA) is 46.2 Å². The molecule has 0 aliphatic rings. The maximum absolute atomic E-state index is 12.2. The molecule has 12 heteroatoms. The van der Waals surface area contributed by atoms with Gasteiger partial charge in [0, 0.05) is 0 Å². The van der Waals surface area contributed by atoms with Crippen LogP contribution in [0.4, 0.5) is 44.3 Å². The molecule has 0 atom stereocenters. The Morgan fingerprint density at radius 3 is 1.35 bits per heavy atom. The SMILES string of the molecule is [O]C(=O)OC(F)(F)C(F)(F)C(F)(F)C(F)(F)F. The van der Waals surface area contributed by atoms with Gasteiger partial charge in [-0.2, -0.15) is 49.4 Å². The predicted octanol–water partition coefficient (Wildman–Crippen LogP) is 2.98. The zero-order valence-corrected chi connectivity index (χ0v) is 7.13. The van der Waals surface area contributed by atoms with Crippen molar-refractivity contribution in [1.29, 1.82) is 0 Å². The Bertz CT molecular complexity index is 306. The Morgan fingerprint density at radius 1 is 0.765 bits per heavy atom. The van der Waals surface area contributed by atoms with Gasteiger partial charge in [-0.05, 0) is 0 Å². The minimum atomic E-state index is -7.20. The Morgan fingerprint density at radius 2 is 1.12 bits per heavy atom. The summed E-state index contributed by atoms with van der Waals surface area (Å²) in [4.78, 5) is 9.37. The first kappa shape index (κ1) is 15.6. The summed E-state index contributed by atoms with van der Waals surface area (Å²) in [5.74, 6) is -14.3. The molecule has 0 saturated carbocycles. The van der Waals surface area contributed by atoms with E-state index in [4.69, 9.17) is 0 Å². The number of rotatable bonds is 3. The molecule has 0 aromatic carbocycles. The molecule has 3 nitrogen and oxygen atoms in total. The lowest BCUT2D eigenvalue weighted by molar-refractivity contribution is -0.435. The zero-order chi connectivity index (χ0) is 14.3. The van der Waals surface area contributed by atoms with Crippen molar-refractivity contribution < 1.29 is 54.2 Å². The molecule has 17 heavy (non-hydrogen) atoms. The van der Waals surface area contributed by atoms with Crippen molar-refractivity contribution in [3.05, 3.63) is 0 Å². The molecular formula is C5F9O3. The monoisotopic (exact) mass is 279 g/mol. The first-order chi connectivity index (χ1) is 7.17. The average molecular weight is 279 g/mol. The third kappa shape index (κ3) is 2.49. The van der Waals surface area contributed by atoms with Crippen LogP contribution in [0.15, 0.2) is 0 Å². The third-order valence-electron chi connectivity index (χ3n) is 1.33. The first-order valence-electron chi connectivity index (χ1n) is 3.27. The molecule has 0 rings (SSSR count). The quantitative estimate of drug-likeness (QED) is 0.589. The van der Waals surface area contributed by atoms with Gasteiger partial charge < -0.3 is 4.74 Å². The molecule has 0 unspecified atom stereocenters. The molecule has 101 valence electrons. The van der Waals surface area contributed by atoms with Gasteiger partial charge >= 0.3 is 30.3 Å².